The molecule has 10 nitrogen and oxygen atoms in total. The molecule has 0 fully saturated rings. The van der Waals surface area contributed by atoms with Crippen molar-refractivity contribution < 1.29 is 28.3 Å². The molecule has 3 N–H and O–H groups in total. The fourth-order valence-electron chi connectivity index (χ4n) is 3.29. The molecule has 0 saturated heterocycles. The Bertz CT molecular complexity index is 972. The Balaban J connectivity index is 1.66. The smallest absolute Gasteiger partial charge is 0.408 e. The van der Waals surface area contributed by atoms with Crippen molar-refractivity contribution in [3.63, 3.8) is 0 Å². The quantitative estimate of drug-likeness (QED) is 0.565. The second-order valence-electron chi connectivity index (χ2n) is 7.79. The summed E-state index contributed by atoms with van der Waals surface area (Å²) in [6.07, 6.45) is 0.892. The maximum Gasteiger partial charge on any atom is 0.408 e. The zero-order valence-electron chi connectivity index (χ0n) is 17.9. The molecule has 2 unspecified atom stereocenters. The van der Waals surface area contributed by atoms with E-state index in [0.717, 1.165) is 5.56 Å². The molecule has 0 aliphatic carbocycles. The SMILES string of the molecule is CC(C)C(NC(=O)OCc1ccccc1)C(=O)NC1Cc2ocnc2CCNC(=O)C1=O. The lowest BCUT2D eigenvalue weighted by Crippen LogP contribution is -2.56. The van der Waals surface area contributed by atoms with E-state index in [4.69, 9.17) is 9.15 Å². The van der Waals surface area contributed by atoms with Gasteiger partial charge < -0.3 is 25.1 Å². The maximum atomic E-state index is 12.9. The number of nitrogens with zero attached hydrogens (tertiary/aromatic N) is 1. The first-order valence-electron chi connectivity index (χ1n) is 10.4. The van der Waals surface area contributed by atoms with E-state index in [1.165, 1.54) is 6.39 Å². The molecule has 1 aliphatic rings. The lowest BCUT2D eigenvalue weighted by atomic mass is 10.0. The molecular formula is C22H26N4O6. The highest BCUT2D eigenvalue weighted by Gasteiger charge is 2.34. The average molecular weight is 442 g/mol. The highest BCUT2D eigenvalue weighted by Crippen LogP contribution is 2.13. The van der Waals surface area contributed by atoms with Crippen LogP contribution in [0, 0.1) is 5.92 Å². The molecule has 0 radical (unpaired) electrons. The third kappa shape index (κ3) is 5.93. The van der Waals surface area contributed by atoms with Crippen molar-refractivity contribution in [1.29, 1.82) is 0 Å². The Hall–Kier alpha value is -3.69. The molecular weight excluding hydrogens is 416 g/mol. The van der Waals surface area contributed by atoms with E-state index in [2.05, 4.69) is 20.9 Å². The summed E-state index contributed by atoms with van der Waals surface area (Å²) in [5, 5.41) is 7.63. The predicted molar refractivity (Wildman–Crippen MR) is 112 cm³/mol. The van der Waals surface area contributed by atoms with Gasteiger partial charge in [-0.3, -0.25) is 14.4 Å². The van der Waals surface area contributed by atoms with Crippen molar-refractivity contribution in [2.24, 2.45) is 5.92 Å². The number of fused-ring (bicyclic) bond motifs is 1. The molecule has 3 rings (SSSR count). The van der Waals surface area contributed by atoms with Gasteiger partial charge in [0, 0.05) is 19.4 Å². The first-order chi connectivity index (χ1) is 15.3. The van der Waals surface area contributed by atoms with E-state index in [1.807, 2.05) is 30.3 Å². The molecule has 1 aromatic carbocycles. The van der Waals surface area contributed by atoms with Crippen LogP contribution in [0.4, 0.5) is 4.79 Å². The highest BCUT2D eigenvalue weighted by atomic mass is 16.5. The molecule has 170 valence electrons. The molecule has 2 heterocycles. The first-order valence-corrected chi connectivity index (χ1v) is 10.4. The molecule has 3 amide bonds. The number of ketones is 1. The first kappa shape index (κ1) is 23.0. The van der Waals surface area contributed by atoms with Crippen LogP contribution in [0.5, 0.6) is 0 Å². The van der Waals surface area contributed by atoms with Gasteiger partial charge in [0.15, 0.2) is 6.39 Å². The number of alkyl carbamates (subject to hydrolysis) is 1. The zero-order chi connectivity index (χ0) is 23.1. The molecule has 1 aromatic heterocycles. The lowest BCUT2D eigenvalue weighted by molar-refractivity contribution is -0.140. The van der Waals surface area contributed by atoms with Crippen LogP contribution in [-0.2, 0) is 38.6 Å². The van der Waals surface area contributed by atoms with Gasteiger partial charge in [-0.05, 0) is 11.5 Å². The minimum atomic E-state index is -1.16. The summed E-state index contributed by atoms with van der Waals surface area (Å²) in [4.78, 5) is 54.0. The van der Waals surface area contributed by atoms with Crippen molar-refractivity contribution in [3.05, 3.63) is 53.7 Å². The summed E-state index contributed by atoms with van der Waals surface area (Å²) in [7, 11) is 0. The number of hydrogen-bond donors (Lipinski definition) is 3. The van der Waals surface area contributed by atoms with E-state index >= 15 is 0 Å². The Morgan fingerprint density at radius 2 is 2.00 bits per heavy atom. The van der Waals surface area contributed by atoms with Gasteiger partial charge in [0.1, 0.15) is 24.5 Å². The van der Waals surface area contributed by atoms with E-state index in [0.29, 0.717) is 17.9 Å². The van der Waals surface area contributed by atoms with Gasteiger partial charge in [-0.15, -0.1) is 0 Å². The zero-order valence-corrected chi connectivity index (χ0v) is 17.9. The summed E-state index contributed by atoms with van der Waals surface area (Å²) in [5.74, 6) is -2.08. The molecule has 0 spiro atoms. The third-order valence-corrected chi connectivity index (χ3v) is 5.05. The molecule has 1 aliphatic heterocycles. The summed E-state index contributed by atoms with van der Waals surface area (Å²) in [6, 6.07) is 6.99. The van der Waals surface area contributed by atoms with Gasteiger partial charge in [-0.2, -0.15) is 0 Å². The normalized spacial score (nSPS) is 17.3. The van der Waals surface area contributed by atoms with Crippen LogP contribution in [0.2, 0.25) is 0 Å². The average Bonchev–Trinajstić information content (AvgIpc) is 3.22. The maximum absolute atomic E-state index is 12.9. The van der Waals surface area contributed by atoms with Gasteiger partial charge in [0.25, 0.3) is 5.91 Å². The van der Waals surface area contributed by atoms with E-state index in [1.54, 1.807) is 13.8 Å². The standard InChI is InChI=1S/C22H26N4O6/c1-13(2)18(26-22(30)31-11-14-6-4-3-5-7-14)20(28)25-16-10-17-15(24-12-32-17)8-9-23-21(29)19(16)27/h3-7,12-13,16,18H,8-11H2,1-2H3,(H,23,29)(H,25,28)(H,26,30). The molecule has 2 aromatic rings. The van der Waals surface area contributed by atoms with Crippen LogP contribution in [-0.4, -0.2) is 47.3 Å². The minimum Gasteiger partial charge on any atom is -0.448 e. The van der Waals surface area contributed by atoms with Crippen molar-refractivity contribution in [2.45, 2.75) is 45.4 Å². The largest absolute Gasteiger partial charge is 0.448 e. The van der Waals surface area contributed by atoms with Gasteiger partial charge in [0.05, 0.1) is 5.69 Å². The van der Waals surface area contributed by atoms with Crippen molar-refractivity contribution >= 4 is 23.7 Å². The Kier molecular flexibility index (Phi) is 7.58. The van der Waals surface area contributed by atoms with Crippen molar-refractivity contribution in [2.75, 3.05) is 6.54 Å². The third-order valence-electron chi connectivity index (χ3n) is 5.05. The fourth-order valence-corrected chi connectivity index (χ4v) is 3.29. The second-order valence-corrected chi connectivity index (χ2v) is 7.79. The second kappa shape index (κ2) is 10.6. The van der Waals surface area contributed by atoms with Gasteiger partial charge in [-0.25, -0.2) is 9.78 Å². The van der Waals surface area contributed by atoms with Crippen molar-refractivity contribution in [3.8, 4) is 0 Å². The number of Topliss-reactive ketones (excluding diaryl/α,β-unsaturated/α-hetero) is 1. The molecule has 32 heavy (non-hydrogen) atoms. The summed E-state index contributed by atoms with van der Waals surface area (Å²) >= 11 is 0. The van der Waals surface area contributed by atoms with Crippen LogP contribution in [0.25, 0.3) is 0 Å². The number of aromatic nitrogens is 1. The van der Waals surface area contributed by atoms with Crippen LogP contribution >= 0.6 is 0 Å². The molecule has 10 heteroatoms. The van der Waals surface area contributed by atoms with E-state index < -0.39 is 35.8 Å². The molecule has 0 saturated carbocycles. The van der Waals surface area contributed by atoms with Gasteiger partial charge in [-0.1, -0.05) is 44.2 Å². The summed E-state index contributed by atoms with van der Waals surface area (Å²) in [6.45, 7) is 3.77. The molecule has 0 bridgehead atoms. The number of rotatable bonds is 6. The Morgan fingerprint density at radius 3 is 2.72 bits per heavy atom. The number of benzene rings is 1. The van der Waals surface area contributed by atoms with Crippen LogP contribution in [0.3, 0.4) is 0 Å². The predicted octanol–water partition coefficient (Wildman–Crippen LogP) is 0.894. The Labute approximate surface area is 185 Å². The number of amides is 3. The van der Waals surface area contributed by atoms with Gasteiger partial charge in [0.2, 0.25) is 11.7 Å². The van der Waals surface area contributed by atoms with Crippen LogP contribution < -0.4 is 16.0 Å². The summed E-state index contributed by atoms with van der Waals surface area (Å²) in [5.41, 5.74) is 1.42. The minimum absolute atomic E-state index is 0.0173. The Morgan fingerprint density at radius 1 is 1.25 bits per heavy atom. The van der Waals surface area contributed by atoms with E-state index in [9.17, 15) is 19.2 Å². The van der Waals surface area contributed by atoms with Crippen LogP contribution in [0.15, 0.2) is 41.1 Å². The monoisotopic (exact) mass is 442 g/mol. The number of oxazole rings is 1. The van der Waals surface area contributed by atoms with Crippen LogP contribution in [0.1, 0.15) is 30.9 Å². The fraction of sp³-hybridized carbons (Fsp3) is 0.409. The molecule has 2 atom stereocenters. The number of hydrogen-bond acceptors (Lipinski definition) is 7. The lowest BCUT2D eigenvalue weighted by Gasteiger charge is -2.24. The highest BCUT2D eigenvalue weighted by molar-refractivity contribution is 6.38. The topological polar surface area (TPSA) is 140 Å². The number of nitrogens with one attached hydrogen (secondary N) is 3. The van der Waals surface area contributed by atoms with Gasteiger partial charge >= 0.3 is 6.09 Å². The number of carbonyl (C=O) groups excluding carboxylic acids is 4. The number of carbonyl (C=O) groups is 4. The number of ether oxygens (including phenoxy) is 1. The van der Waals surface area contributed by atoms with E-state index in [-0.39, 0.29) is 25.5 Å². The van der Waals surface area contributed by atoms with Crippen molar-refractivity contribution in [1.82, 2.24) is 20.9 Å². The summed E-state index contributed by atoms with van der Waals surface area (Å²) < 4.78 is 10.5.